The number of carbonyl (C=O) groups excluding carboxylic acids is 1. The average Bonchev–Trinajstić information content (AvgIpc) is 3.13. The number of rotatable bonds is 5. The Morgan fingerprint density at radius 2 is 2.17 bits per heavy atom. The van der Waals surface area contributed by atoms with Crippen LogP contribution in [-0.2, 0) is 9.53 Å². The normalized spacial score (nSPS) is 25.4. The van der Waals surface area contributed by atoms with Gasteiger partial charge in [0.25, 0.3) is 0 Å². The molecular formula is C13H25ClN2O2. The van der Waals surface area contributed by atoms with Gasteiger partial charge in [-0.2, -0.15) is 0 Å². The fourth-order valence-electron chi connectivity index (χ4n) is 2.35. The Morgan fingerprint density at radius 1 is 1.44 bits per heavy atom. The first-order valence-corrected chi connectivity index (χ1v) is 6.78. The molecule has 106 valence electrons. The van der Waals surface area contributed by atoms with E-state index in [1.54, 1.807) is 0 Å². The molecule has 0 aromatic carbocycles. The molecule has 1 amide bonds. The van der Waals surface area contributed by atoms with Crippen molar-refractivity contribution < 1.29 is 9.53 Å². The zero-order valence-corrected chi connectivity index (χ0v) is 12.0. The zero-order valence-electron chi connectivity index (χ0n) is 11.1. The predicted octanol–water partition coefficient (Wildman–Crippen LogP) is 1.42. The molecule has 5 heteroatoms. The summed E-state index contributed by atoms with van der Waals surface area (Å²) in [4.78, 5) is 13.8. The highest BCUT2D eigenvalue weighted by Crippen LogP contribution is 2.28. The number of amides is 1. The maximum absolute atomic E-state index is 11.9. The van der Waals surface area contributed by atoms with Gasteiger partial charge in [0, 0.05) is 19.1 Å². The average molecular weight is 277 g/mol. The van der Waals surface area contributed by atoms with Crippen molar-refractivity contribution in [2.45, 2.75) is 38.6 Å². The molecule has 2 fully saturated rings. The number of nitrogens with two attached hydrogens (primary N) is 1. The lowest BCUT2D eigenvalue weighted by Crippen LogP contribution is -2.46. The van der Waals surface area contributed by atoms with Gasteiger partial charge in [-0.1, -0.05) is 0 Å². The lowest BCUT2D eigenvalue weighted by molar-refractivity contribution is -0.138. The summed E-state index contributed by atoms with van der Waals surface area (Å²) in [6.45, 7) is 4.72. The number of hydrogen-bond acceptors (Lipinski definition) is 3. The molecule has 1 heterocycles. The van der Waals surface area contributed by atoms with E-state index in [-0.39, 0.29) is 31.0 Å². The number of piperidine rings is 1. The molecule has 0 aromatic heterocycles. The molecule has 0 aromatic rings. The van der Waals surface area contributed by atoms with Gasteiger partial charge in [-0.15, -0.1) is 12.4 Å². The van der Waals surface area contributed by atoms with E-state index < -0.39 is 0 Å². The van der Waals surface area contributed by atoms with Gasteiger partial charge in [0.15, 0.2) is 0 Å². The molecule has 1 saturated carbocycles. The van der Waals surface area contributed by atoms with Gasteiger partial charge < -0.3 is 15.4 Å². The maximum Gasteiger partial charge on any atom is 0.248 e. The molecule has 0 radical (unpaired) electrons. The standard InChI is InChI=1S/C13H24N2O2.ClH/c1-10(14)12-3-2-6-15(7-12)13(16)9-17-8-11-4-5-11;/h10-12H,2-9,14H2,1H3;1H. The van der Waals surface area contributed by atoms with E-state index in [9.17, 15) is 4.79 Å². The lowest BCUT2D eigenvalue weighted by Gasteiger charge is -2.34. The highest BCUT2D eigenvalue weighted by molar-refractivity contribution is 5.85. The Balaban J connectivity index is 0.00000162. The van der Waals surface area contributed by atoms with E-state index in [1.807, 2.05) is 11.8 Å². The quantitative estimate of drug-likeness (QED) is 0.826. The summed E-state index contributed by atoms with van der Waals surface area (Å²) in [6.07, 6.45) is 4.75. The minimum Gasteiger partial charge on any atom is -0.371 e. The Labute approximate surface area is 116 Å². The largest absolute Gasteiger partial charge is 0.371 e. The second-order valence-electron chi connectivity index (χ2n) is 5.56. The second-order valence-corrected chi connectivity index (χ2v) is 5.56. The van der Waals surface area contributed by atoms with E-state index >= 15 is 0 Å². The number of hydrogen-bond donors (Lipinski definition) is 1. The van der Waals surface area contributed by atoms with Crippen molar-refractivity contribution in [2.24, 2.45) is 17.6 Å². The molecule has 2 N–H and O–H groups in total. The molecule has 4 nitrogen and oxygen atoms in total. The fourth-order valence-corrected chi connectivity index (χ4v) is 2.35. The van der Waals surface area contributed by atoms with Crippen molar-refractivity contribution in [3.63, 3.8) is 0 Å². The van der Waals surface area contributed by atoms with Crippen LogP contribution in [0.2, 0.25) is 0 Å². The van der Waals surface area contributed by atoms with E-state index in [4.69, 9.17) is 10.5 Å². The van der Waals surface area contributed by atoms with Crippen molar-refractivity contribution in [2.75, 3.05) is 26.3 Å². The van der Waals surface area contributed by atoms with Gasteiger partial charge in [0.1, 0.15) is 6.61 Å². The van der Waals surface area contributed by atoms with Gasteiger partial charge in [0.05, 0.1) is 6.61 Å². The first-order chi connectivity index (χ1) is 8.16. The number of carbonyl (C=O) groups is 1. The van der Waals surface area contributed by atoms with Gasteiger partial charge in [0.2, 0.25) is 5.91 Å². The van der Waals surface area contributed by atoms with Gasteiger partial charge >= 0.3 is 0 Å². The van der Waals surface area contributed by atoms with Gasteiger partial charge in [-0.25, -0.2) is 0 Å². The van der Waals surface area contributed by atoms with Crippen molar-refractivity contribution in [3.05, 3.63) is 0 Å². The Hall–Kier alpha value is -0.320. The van der Waals surface area contributed by atoms with Crippen LogP contribution in [0.15, 0.2) is 0 Å². The third-order valence-electron chi connectivity index (χ3n) is 3.83. The van der Waals surface area contributed by atoms with Crippen LogP contribution < -0.4 is 5.73 Å². The molecule has 2 atom stereocenters. The summed E-state index contributed by atoms with van der Waals surface area (Å²) >= 11 is 0. The highest BCUT2D eigenvalue weighted by atomic mass is 35.5. The highest BCUT2D eigenvalue weighted by Gasteiger charge is 2.26. The Bertz CT molecular complexity index is 270. The van der Waals surface area contributed by atoms with Crippen LogP contribution in [0, 0.1) is 11.8 Å². The van der Waals surface area contributed by atoms with Crippen LogP contribution in [0.25, 0.3) is 0 Å². The molecule has 1 saturated heterocycles. The predicted molar refractivity (Wildman–Crippen MR) is 73.7 cm³/mol. The first-order valence-electron chi connectivity index (χ1n) is 6.78. The molecule has 1 aliphatic heterocycles. The summed E-state index contributed by atoms with van der Waals surface area (Å²) in [5.41, 5.74) is 5.91. The SMILES string of the molecule is CC(N)C1CCCN(C(=O)COCC2CC2)C1.Cl. The molecule has 2 unspecified atom stereocenters. The molecule has 1 aliphatic carbocycles. The molecule has 18 heavy (non-hydrogen) atoms. The van der Waals surface area contributed by atoms with Gasteiger partial charge in [-0.3, -0.25) is 4.79 Å². The molecular weight excluding hydrogens is 252 g/mol. The zero-order chi connectivity index (χ0) is 12.3. The molecule has 0 spiro atoms. The Morgan fingerprint density at radius 3 is 2.78 bits per heavy atom. The minimum absolute atomic E-state index is 0. The van der Waals surface area contributed by atoms with E-state index in [1.165, 1.54) is 12.8 Å². The summed E-state index contributed by atoms with van der Waals surface area (Å²) in [5.74, 6) is 1.31. The summed E-state index contributed by atoms with van der Waals surface area (Å²) in [7, 11) is 0. The van der Waals surface area contributed by atoms with Crippen LogP contribution in [-0.4, -0.2) is 43.2 Å². The van der Waals surface area contributed by atoms with Crippen molar-refractivity contribution in [1.82, 2.24) is 4.90 Å². The number of halogens is 1. The second kappa shape index (κ2) is 7.31. The van der Waals surface area contributed by atoms with Crippen molar-refractivity contribution in [1.29, 1.82) is 0 Å². The maximum atomic E-state index is 11.9. The van der Waals surface area contributed by atoms with E-state index in [0.29, 0.717) is 5.92 Å². The topological polar surface area (TPSA) is 55.6 Å². The minimum atomic E-state index is 0. The van der Waals surface area contributed by atoms with Crippen LogP contribution in [0.4, 0.5) is 0 Å². The van der Waals surface area contributed by atoms with Crippen LogP contribution >= 0.6 is 12.4 Å². The smallest absolute Gasteiger partial charge is 0.248 e. The van der Waals surface area contributed by atoms with Crippen molar-refractivity contribution in [3.8, 4) is 0 Å². The monoisotopic (exact) mass is 276 g/mol. The Kier molecular flexibility index (Phi) is 6.39. The van der Waals surface area contributed by atoms with Crippen LogP contribution in [0.1, 0.15) is 32.6 Å². The molecule has 2 rings (SSSR count). The molecule has 0 bridgehead atoms. The third kappa shape index (κ3) is 4.75. The third-order valence-corrected chi connectivity index (χ3v) is 3.83. The first kappa shape index (κ1) is 15.7. The van der Waals surface area contributed by atoms with Crippen molar-refractivity contribution >= 4 is 18.3 Å². The summed E-state index contributed by atoms with van der Waals surface area (Å²) in [5, 5.41) is 0. The van der Waals surface area contributed by atoms with E-state index in [0.717, 1.165) is 38.5 Å². The number of nitrogens with zero attached hydrogens (tertiary/aromatic N) is 1. The summed E-state index contributed by atoms with van der Waals surface area (Å²) < 4.78 is 5.45. The van der Waals surface area contributed by atoms with E-state index in [2.05, 4.69) is 0 Å². The number of ether oxygens (including phenoxy) is 1. The fraction of sp³-hybridized carbons (Fsp3) is 0.923. The number of likely N-dealkylation sites (tertiary alicyclic amines) is 1. The van der Waals surface area contributed by atoms with Crippen LogP contribution in [0.3, 0.4) is 0 Å². The molecule has 2 aliphatic rings. The summed E-state index contributed by atoms with van der Waals surface area (Å²) in [6, 6.07) is 0.179. The van der Waals surface area contributed by atoms with Crippen LogP contribution in [0.5, 0.6) is 0 Å². The van der Waals surface area contributed by atoms with Gasteiger partial charge in [-0.05, 0) is 44.4 Å². The lowest BCUT2D eigenvalue weighted by atomic mass is 9.92.